The maximum atomic E-state index is 13.2. The van der Waals surface area contributed by atoms with Crippen molar-refractivity contribution in [3.05, 3.63) is 64.1 Å². The molecule has 5 nitrogen and oxygen atoms in total. The van der Waals surface area contributed by atoms with Crippen LogP contribution in [-0.4, -0.2) is 65.1 Å². The molecule has 2 amide bonds. The zero-order chi connectivity index (χ0) is 19.5. The van der Waals surface area contributed by atoms with Crippen LogP contribution in [0.25, 0.3) is 6.08 Å². The highest BCUT2D eigenvalue weighted by atomic mass is 35.5. The van der Waals surface area contributed by atoms with E-state index in [2.05, 4.69) is 0 Å². The van der Waals surface area contributed by atoms with Crippen molar-refractivity contribution in [1.29, 1.82) is 0 Å². The van der Waals surface area contributed by atoms with Crippen molar-refractivity contribution in [1.82, 2.24) is 4.90 Å². The standard InChI is InChI=1S/C21H20ClN2O3S/c22-16-7-5-15(6-8-16)13-19-21(26)24(17-3-1-2-4-18(17)28-19)14-20(25)23-9-11-27-12-10-23/h1-8,13,18H,9-12,14H2/q+1/b19-13+. The fraction of sp³-hybridized carbons (Fsp3) is 0.286. The molecule has 1 saturated heterocycles. The molecule has 1 atom stereocenters. The zero-order valence-electron chi connectivity index (χ0n) is 15.2. The number of morpholine rings is 1. The molecule has 7 heteroatoms. The Morgan fingerprint density at radius 3 is 2.75 bits per heavy atom. The third kappa shape index (κ3) is 4.14. The van der Waals surface area contributed by atoms with Crippen LogP contribution in [0.5, 0.6) is 0 Å². The second-order valence-electron chi connectivity index (χ2n) is 6.65. The van der Waals surface area contributed by atoms with Crippen LogP contribution < -0.4 is 0 Å². The molecule has 1 aliphatic carbocycles. The first-order chi connectivity index (χ1) is 13.6. The summed E-state index contributed by atoms with van der Waals surface area (Å²) < 4.78 is 6.93. The number of amides is 2. The Bertz CT molecular complexity index is 912. The number of fused-ring (bicyclic) bond motifs is 1. The number of nitrogens with zero attached hydrogens (tertiary/aromatic N) is 2. The number of thioether (sulfide) groups is 1. The Balaban J connectivity index is 1.63. The summed E-state index contributed by atoms with van der Waals surface area (Å²) in [6.07, 6.45) is 9.70. The molecule has 0 bridgehead atoms. The van der Waals surface area contributed by atoms with E-state index in [1.165, 1.54) is 11.8 Å². The van der Waals surface area contributed by atoms with Gasteiger partial charge in [0.1, 0.15) is 10.2 Å². The Morgan fingerprint density at radius 1 is 1.25 bits per heavy atom. The van der Waals surface area contributed by atoms with Crippen molar-refractivity contribution in [3.63, 3.8) is 0 Å². The van der Waals surface area contributed by atoms with Crippen molar-refractivity contribution >= 4 is 47.0 Å². The van der Waals surface area contributed by atoms with Gasteiger partial charge in [0.05, 0.1) is 13.2 Å². The average molecular weight is 416 g/mol. The van der Waals surface area contributed by atoms with Gasteiger partial charge in [-0.25, -0.2) is 4.79 Å². The topological polar surface area (TPSA) is 49.6 Å². The molecule has 0 N–H and O–H groups in total. The number of hydrogen-bond acceptors (Lipinski definition) is 4. The summed E-state index contributed by atoms with van der Waals surface area (Å²) in [4.78, 5) is 28.4. The Labute approximate surface area is 173 Å². The van der Waals surface area contributed by atoms with Gasteiger partial charge in [-0.05, 0) is 23.8 Å². The lowest BCUT2D eigenvalue weighted by Crippen LogP contribution is -2.47. The number of halogens is 1. The van der Waals surface area contributed by atoms with Crippen molar-refractivity contribution in [2.75, 3.05) is 32.8 Å². The van der Waals surface area contributed by atoms with Gasteiger partial charge in [0.25, 0.3) is 5.91 Å². The van der Waals surface area contributed by atoms with Gasteiger partial charge >= 0.3 is 5.91 Å². The van der Waals surface area contributed by atoms with Gasteiger partial charge in [0, 0.05) is 24.2 Å². The summed E-state index contributed by atoms with van der Waals surface area (Å²) >= 11 is 7.46. The lowest BCUT2D eigenvalue weighted by molar-refractivity contribution is -0.435. The van der Waals surface area contributed by atoms with Crippen LogP contribution in [0.4, 0.5) is 0 Å². The number of benzene rings is 1. The number of rotatable bonds is 3. The van der Waals surface area contributed by atoms with Gasteiger partial charge in [-0.3, -0.25) is 4.79 Å². The van der Waals surface area contributed by atoms with E-state index in [0.29, 0.717) is 36.2 Å². The maximum Gasteiger partial charge on any atom is 0.426 e. The smallest absolute Gasteiger partial charge is 0.378 e. The fourth-order valence-corrected chi connectivity index (χ4v) is 4.62. The van der Waals surface area contributed by atoms with Gasteiger partial charge in [0.2, 0.25) is 12.3 Å². The number of hydrogen-bond donors (Lipinski definition) is 0. The molecule has 0 aromatic heterocycles. The van der Waals surface area contributed by atoms with E-state index in [1.807, 2.05) is 42.5 Å². The molecular formula is C21H20ClN2O3S+. The Hall–Kier alpha value is -2.15. The fourth-order valence-electron chi connectivity index (χ4n) is 3.31. The molecule has 1 fully saturated rings. The summed E-state index contributed by atoms with van der Waals surface area (Å²) in [6, 6.07) is 7.35. The minimum Gasteiger partial charge on any atom is -0.378 e. The summed E-state index contributed by atoms with van der Waals surface area (Å²) in [5.41, 5.74) is 1.76. The van der Waals surface area contributed by atoms with E-state index in [1.54, 1.807) is 21.6 Å². The lowest BCUT2D eigenvalue weighted by Gasteiger charge is -2.27. The molecule has 2 aliphatic heterocycles. The Kier molecular flexibility index (Phi) is 5.80. The molecule has 4 rings (SSSR count). The second kappa shape index (κ2) is 8.47. The van der Waals surface area contributed by atoms with Crippen molar-refractivity contribution in [2.24, 2.45) is 0 Å². The number of allylic oxidation sites excluding steroid dienone is 3. The molecule has 2 heterocycles. The Morgan fingerprint density at radius 2 is 2.00 bits per heavy atom. The van der Waals surface area contributed by atoms with Gasteiger partial charge < -0.3 is 9.64 Å². The lowest BCUT2D eigenvalue weighted by atomic mass is 10.1. The molecule has 1 aromatic carbocycles. The minimum absolute atomic E-state index is 0.0127. The van der Waals surface area contributed by atoms with Gasteiger partial charge in [-0.2, -0.15) is 0 Å². The van der Waals surface area contributed by atoms with Crippen LogP contribution in [-0.2, 0) is 14.3 Å². The summed E-state index contributed by atoms with van der Waals surface area (Å²) in [5, 5.41) is 0.664. The van der Waals surface area contributed by atoms with E-state index in [9.17, 15) is 9.59 Å². The third-order valence-electron chi connectivity index (χ3n) is 4.80. The van der Waals surface area contributed by atoms with E-state index in [-0.39, 0.29) is 23.6 Å². The highest BCUT2D eigenvalue weighted by molar-refractivity contribution is 8.05. The first-order valence-electron chi connectivity index (χ1n) is 9.15. The average Bonchev–Trinajstić information content (AvgIpc) is 2.73. The summed E-state index contributed by atoms with van der Waals surface area (Å²) in [7, 11) is 0. The van der Waals surface area contributed by atoms with Crippen LogP contribution in [0.3, 0.4) is 0 Å². The molecule has 0 radical (unpaired) electrons. The summed E-state index contributed by atoms with van der Waals surface area (Å²) in [5.74, 6) is -0.198. The number of ether oxygens (including phenoxy) is 1. The van der Waals surface area contributed by atoms with Gasteiger partial charge in [-0.1, -0.05) is 53.7 Å². The predicted molar refractivity (Wildman–Crippen MR) is 112 cm³/mol. The molecule has 28 heavy (non-hydrogen) atoms. The van der Waals surface area contributed by atoms with Gasteiger partial charge in [-0.15, -0.1) is 4.58 Å². The van der Waals surface area contributed by atoms with E-state index in [0.717, 1.165) is 11.3 Å². The molecule has 1 unspecified atom stereocenters. The normalized spacial score (nSPS) is 23.3. The zero-order valence-corrected chi connectivity index (χ0v) is 16.8. The van der Waals surface area contributed by atoms with Crippen LogP contribution in [0.2, 0.25) is 5.02 Å². The van der Waals surface area contributed by atoms with Crippen molar-refractivity contribution in [3.8, 4) is 0 Å². The van der Waals surface area contributed by atoms with Crippen LogP contribution in [0.15, 0.2) is 53.5 Å². The van der Waals surface area contributed by atoms with Crippen molar-refractivity contribution in [2.45, 2.75) is 5.25 Å². The predicted octanol–water partition coefficient (Wildman–Crippen LogP) is 2.76. The molecular weight excluding hydrogens is 396 g/mol. The van der Waals surface area contributed by atoms with E-state index in [4.69, 9.17) is 16.3 Å². The molecule has 0 saturated carbocycles. The van der Waals surface area contributed by atoms with Crippen LogP contribution >= 0.6 is 23.4 Å². The van der Waals surface area contributed by atoms with E-state index < -0.39 is 0 Å². The van der Waals surface area contributed by atoms with Crippen LogP contribution in [0.1, 0.15) is 5.56 Å². The highest BCUT2D eigenvalue weighted by Gasteiger charge is 2.40. The minimum atomic E-state index is -0.146. The van der Waals surface area contributed by atoms with Crippen LogP contribution in [0, 0.1) is 0 Å². The number of carbonyl (C=O) groups is 2. The SMILES string of the molecule is O=C(C[N+]1=C2C=CC=CC2S/C(=C/c2ccc(Cl)cc2)C1=O)N1CCOCC1. The monoisotopic (exact) mass is 415 g/mol. The first kappa shape index (κ1) is 19.2. The molecule has 144 valence electrons. The highest BCUT2D eigenvalue weighted by Crippen LogP contribution is 2.33. The second-order valence-corrected chi connectivity index (χ2v) is 8.27. The molecule has 0 spiro atoms. The maximum absolute atomic E-state index is 13.2. The third-order valence-corrected chi connectivity index (χ3v) is 6.25. The first-order valence-corrected chi connectivity index (χ1v) is 10.4. The molecule has 1 aromatic rings. The van der Waals surface area contributed by atoms with Crippen molar-refractivity contribution < 1.29 is 18.9 Å². The molecule has 3 aliphatic rings. The largest absolute Gasteiger partial charge is 0.426 e. The van der Waals surface area contributed by atoms with E-state index >= 15 is 0 Å². The van der Waals surface area contributed by atoms with Gasteiger partial charge in [0.15, 0.2) is 0 Å². The summed E-state index contributed by atoms with van der Waals surface area (Å²) in [6.45, 7) is 2.26. The quantitative estimate of drug-likeness (QED) is 0.562. The number of carbonyl (C=O) groups excluding carboxylic acids is 2.